The topological polar surface area (TPSA) is 112 Å². The first-order valence-corrected chi connectivity index (χ1v) is 46.9. The summed E-state index contributed by atoms with van der Waals surface area (Å²) in [4.78, 5) is 21.6. The second kappa shape index (κ2) is 35.9. The van der Waals surface area contributed by atoms with Crippen LogP contribution < -0.4 is 0 Å². The van der Waals surface area contributed by atoms with E-state index in [1.54, 1.807) is 0 Å². The number of nitrogens with zero attached hydrogens (tertiary/aromatic N) is 8. The molecule has 0 saturated heterocycles. The summed E-state index contributed by atoms with van der Waals surface area (Å²) in [7, 11) is 0. The summed E-state index contributed by atoms with van der Waals surface area (Å²) in [5.74, 6) is 1.86. The first-order valence-electron chi connectivity index (χ1n) is 46.9. The van der Waals surface area contributed by atoms with Gasteiger partial charge >= 0.3 is 0 Å². The summed E-state index contributed by atoms with van der Waals surface area (Å²) in [6.07, 6.45) is 4.03. The fourth-order valence-electron chi connectivity index (χ4n) is 19.0. The summed E-state index contributed by atoms with van der Waals surface area (Å²) >= 11 is 0. The molecular formula is C124H118N8O2Pt2-2. The van der Waals surface area contributed by atoms with Crippen LogP contribution in [0.5, 0.6) is 11.5 Å². The average molecular weight is 2140 g/mol. The Balaban J connectivity index is 0.000000186. The van der Waals surface area contributed by atoms with E-state index in [2.05, 4.69) is 485 Å². The number of benzene rings is 14. The molecule has 6 heterocycles. The SMILES string of the molecule is CC(C)(C)c1cc(-c2cc3c(cn2)c2ccccc2n3-c2ccccc2)[c-]c(-c2cccc3c2nc(-c2cc(C(C)(C)C)cc(C(C)(C)C)c2O)n3-c2ccc(C(C)(C)C)cc2-c2ccccc2)c1.CC(C)(C)c1ccc(-n2c(-c3cc(C(C)(C)C)cc(C(C)(C)C)c3O)nc3c(-c4[c-]c(-c5cc6c(cn5)c5ccccc5n6-c5ccccc5)ccc4)cccc32)c(-c2ccccc2)c1.[Pt].[Pt]. The minimum absolute atomic E-state index is 0. The van der Waals surface area contributed by atoms with E-state index >= 15 is 0 Å². The van der Waals surface area contributed by atoms with Gasteiger partial charge in [0.1, 0.15) is 23.1 Å². The second-order valence-corrected chi connectivity index (χ2v) is 43.4. The number of phenolic OH excluding ortho intramolecular Hbond substituents is 2. The van der Waals surface area contributed by atoms with Crippen molar-refractivity contribution in [2.45, 2.75) is 183 Å². The van der Waals surface area contributed by atoms with Crippen LogP contribution in [0.2, 0.25) is 0 Å². The zero-order valence-corrected chi connectivity index (χ0v) is 86.2. The van der Waals surface area contributed by atoms with Crippen LogP contribution in [0.1, 0.15) is 184 Å². The predicted molar refractivity (Wildman–Crippen MR) is 562 cm³/mol. The Bertz CT molecular complexity index is 7960. The summed E-state index contributed by atoms with van der Waals surface area (Å²) in [6, 6.07) is 118. The first kappa shape index (κ1) is 94.7. The standard InChI is InChI=1S/C64H63N4O.C60H55N4O.2Pt/c1-61(2,3)43-30-31-55(49(35-43)40-22-15-13-16-23-40)68-56-29-21-27-47(58(56)66-60(68)50-36-45(63(7,8)9)37-52(59(50)69)64(10,11)12)41-32-42(34-44(33-41)62(4,5)6)53-38-57-51(39-65-53)48-26-19-20-28-54(48)67(57)46-24-17-14-18-25-46;1-58(2,3)41-30-31-52(46(33-41)38-20-12-10-13-21-38)64-53-29-19-27-44(55(53)62-57(64)47-34-42(59(4,5)6)35-49(56(47)65)60(7,8)9)39-22-18-23-40(32-39)50-36-54-48(37-61-50)45-26-16-17-28-51(45)63(54)43-24-14-11-15-25-43;;/h13-31,33-39,69H,1-12H3;10-31,33-37,65H,1-9H3;;/q2*-1;;. The Hall–Kier alpha value is -13.1. The maximum absolute atomic E-state index is 12.6. The minimum atomic E-state index is -0.336. The normalized spacial score (nSPS) is 12.4. The van der Waals surface area contributed by atoms with Crippen LogP contribution in [-0.4, -0.2) is 48.4 Å². The van der Waals surface area contributed by atoms with Crippen molar-refractivity contribution in [1.82, 2.24) is 38.2 Å². The number of rotatable bonds is 12. The van der Waals surface area contributed by atoms with Crippen molar-refractivity contribution in [2.75, 3.05) is 0 Å². The van der Waals surface area contributed by atoms with Gasteiger partial charge < -0.3 is 19.3 Å². The summed E-state index contributed by atoms with van der Waals surface area (Å²) in [6.45, 7) is 46.7. The van der Waals surface area contributed by atoms with Gasteiger partial charge in [-0.3, -0.25) is 19.1 Å². The fraction of sp³-hybridized carbons (Fsp3) is 0.226. The minimum Gasteiger partial charge on any atom is -0.507 e. The molecule has 0 aliphatic carbocycles. The van der Waals surface area contributed by atoms with Gasteiger partial charge in [0.25, 0.3) is 0 Å². The molecule has 6 aromatic heterocycles. The Morgan fingerprint density at radius 1 is 0.243 bits per heavy atom. The molecular weight excluding hydrogens is 2020 g/mol. The molecule has 14 aromatic carbocycles. The number of pyridine rings is 2. The molecule has 0 saturated carbocycles. The number of aromatic hydroxyl groups is 2. The van der Waals surface area contributed by atoms with Gasteiger partial charge in [0, 0.05) is 121 Å². The molecule has 2 N–H and O–H groups in total. The van der Waals surface area contributed by atoms with Crippen LogP contribution in [0.4, 0.5) is 0 Å². The number of hydrogen-bond acceptors (Lipinski definition) is 6. The van der Waals surface area contributed by atoms with E-state index in [1.165, 1.54) is 27.5 Å². The number of aromatic nitrogens is 8. The fourth-order valence-corrected chi connectivity index (χ4v) is 19.0. The number of para-hydroxylation sites is 6. The number of imidazole rings is 2. The molecule has 20 rings (SSSR count). The van der Waals surface area contributed by atoms with Gasteiger partial charge in [-0.05, 0) is 168 Å². The van der Waals surface area contributed by atoms with E-state index in [9.17, 15) is 10.2 Å². The van der Waals surface area contributed by atoms with Crippen molar-refractivity contribution in [3.8, 4) is 124 Å². The Labute approximate surface area is 829 Å². The molecule has 0 amide bonds. The Kier molecular flexibility index (Phi) is 25.0. The smallest absolute Gasteiger partial charge is 0.148 e. The maximum Gasteiger partial charge on any atom is 0.148 e. The van der Waals surface area contributed by atoms with Crippen LogP contribution in [0.15, 0.2) is 322 Å². The second-order valence-electron chi connectivity index (χ2n) is 43.4. The van der Waals surface area contributed by atoms with Gasteiger partial charge in [-0.1, -0.05) is 350 Å². The maximum atomic E-state index is 12.6. The van der Waals surface area contributed by atoms with Crippen molar-refractivity contribution < 1.29 is 52.3 Å². The largest absolute Gasteiger partial charge is 0.507 e. The molecule has 136 heavy (non-hydrogen) atoms. The van der Waals surface area contributed by atoms with Crippen LogP contribution in [0, 0.1) is 12.1 Å². The van der Waals surface area contributed by atoms with E-state index in [4.69, 9.17) is 19.9 Å². The third kappa shape index (κ3) is 17.8. The van der Waals surface area contributed by atoms with Crippen molar-refractivity contribution in [3.63, 3.8) is 0 Å². The molecule has 0 aliphatic heterocycles. The molecule has 0 radical (unpaired) electrons. The van der Waals surface area contributed by atoms with Crippen LogP contribution in [-0.2, 0) is 80.0 Å². The molecule has 0 bridgehead atoms. The van der Waals surface area contributed by atoms with Gasteiger partial charge in [-0.15, -0.1) is 59.2 Å². The number of phenols is 2. The molecule has 12 heteroatoms. The van der Waals surface area contributed by atoms with E-state index in [-0.39, 0.29) is 91.5 Å². The van der Waals surface area contributed by atoms with Crippen molar-refractivity contribution in [2.24, 2.45) is 0 Å². The zero-order chi connectivity index (χ0) is 94.2. The zero-order valence-electron chi connectivity index (χ0n) is 81.7. The number of fused-ring (bicyclic) bond motifs is 8. The monoisotopic (exact) mass is 2140 g/mol. The van der Waals surface area contributed by atoms with Crippen molar-refractivity contribution in [1.29, 1.82) is 0 Å². The molecule has 0 fully saturated rings. The van der Waals surface area contributed by atoms with E-state index in [0.29, 0.717) is 22.8 Å². The third-order valence-corrected chi connectivity index (χ3v) is 26.6. The van der Waals surface area contributed by atoms with E-state index in [1.807, 2.05) is 12.4 Å². The van der Waals surface area contributed by atoms with E-state index in [0.717, 1.165) is 167 Å². The molecule has 0 atom stereocenters. The Morgan fingerprint density at radius 3 is 0.978 bits per heavy atom. The Morgan fingerprint density at radius 2 is 0.574 bits per heavy atom. The summed E-state index contributed by atoms with van der Waals surface area (Å²) < 4.78 is 9.21. The molecule has 0 unspecified atom stereocenters. The molecule has 20 aromatic rings. The predicted octanol–water partition coefficient (Wildman–Crippen LogP) is 32.5. The van der Waals surface area contributed by atoms with Crippen molar-refractivity contribution >= 4 is 65.7 Å². The van der Waals surface area contributed by atoms with Gasteiger partial charge in [0.05, 0.1) is 66.6 Å². The molecule has 0 aliphatic rings. The quantitative estimate of drug-likeness (QED) is 0.118. The first-order chi connectivity index (χ1) is 63.7. The summed E-state index contributed by atoms with van der Waals surface area (Å²) in [5, 5.41) is 29.7. The van der Waals surface area contributed by atoms with Crippen LogP contribution in [0.3, 0.4) is 0 Å². The van der Waals surface area contributed by atoms with Gasteiger partial charge in [0.15, 0.2) is 0 Å². The van der Waals surface area contributed by atoms with Gasteiger partial charge in [0.2, 0.25) is 0 Å². The van der Waals surface area contributed by atoms with Crippen LogP contribution >= 0.6 is 0 Å². The third-order valence-electron chi connectivity index (χ3n) is 26.6. The molecule has 10 nitrogen and oxygen atoms in total. The van der Waals surface area contributed by atoms with Gasteiger partial charge in [-0.25, -0.2) is 9.97 Å². The van der Waals surface area contributed by atoms with Crippen molar-refractivity contribution in [3.05, 3.63) is 373 Å². The molecule has 0 spiro atoms. The molecule has 688 valence electrons. The van der Waals surface area contributed by atoms with Gasteiger partial charge in [-0.2, -0.15) is 0 Å². The summed E-state index contributed by atoms with van der Waals surface area (Å²) in [5.41, 5.74) is 31.5. The van der Waals surface area contributed by atoms with E-state index < -0.39 is 0 Å². The average Bonchev–Trinajstić information content (AvgIpc) is 1.54. The van der Waals surface area contributed by atoms with Crippen LogP contribution in [0.25, 0.3) is 178 Å². The number of hydrogen-bond donors (Lipinski definition) is 2.